The van der Waals surface area contributed by atoms with Gasteiger partial charge in [0.15, 0.2) is 11.5 Å². The number of nitro benzene ring substituents is 1. The molecule has 1 aliphatic carbocycles. The van der Waals surface area contributed by atoms with E-state index in [0.29, 0.717) is 29.9 Å². The molecule has 0 saturated heterocycles. The van der Waals surface area contributed by atoms with Crippen LogP contribution in [0.4, 0.5) is 5.69 Å². The fourth-order valence-electron chi connectivity index (χ4n) is 3.45. The van der Waals surface area contributed by atoms with E-state index in [0.717, 1.165) is 25.7 Å². The smallest absolute Gasteiger partial charge is 0.276 e. The Balaban J connectivity index is 1.99. The number of ether oxygens (including phenoxy) is 2. The summed E-state index contributed by atoms with van der Waals surface area (Å²) in [6.45, 7) is 0.0102. The SMILES string of the molecule is O=[N+]([O-])c1cc2c(cc1CC1([N+](=O)[O-])CCCCCC1)OCO2. The minimum absolute atomic E-state index is 0.0102. The zero-order chi connectivity index (χ0) is 16.4. The summed E-state index contributed by atoms with van der Waals surface area (Å²) in [7, 11) is 0. The van der Waals surface area contributed by atoms with E-state index in [2.05, 4.69) is 0 Å². The van der Waals surface area contributed by atoms with Gasteiger partial charge in [0.2, 0.25) is 12.3 Å². The molecule has 0 radical (unpaired) electrons. The Morgan fingerprint density at radius 1 is 1.00 bits per heavy atom. The van der Waals surface area contributed by atoms with Gasteiger partial charge < -0.3 is 9.47 Å². The van der Waals surface area contributed by atoms with Crippen LogP contribution in [-0.4, -0.2) is 22.2 Å². The molecule has 1 aromatic rings. The van der Waals surface area contributed by atoms with Crippen molar-refractivity contribution in [3.05, 3.63) is 37.9 Å². The van der Waals surface area contributed by atoms with Crippen molar-refractivity contribution in [2.75, 3.05) is 6.79 Å². The third-order valence-electron chi connectivity index (χ3n) is 4.71. The number of fused-ring (bicyclic) bond motifs is 1. The van der Waals surface area contributed by atoms with Crippen molar-refractivity contribution in [3.8, 4) is 11.5 Å². The molecule has 1 aliphatic heterocycles. The summed E-state index contributed by atoms with van der Waals surface area (Å²) in [5.74, 6) is 0.731. The van der Waals surface area contributed by atoms with Gasteiger partial charge in [0.1, 0.15) is 0 Å². The zero-order valence-corrected chi connectivity index (χ0v) is 12.7. The van der Waals surface area contributed by atoms with Gasteiger partial charge in [-0.25, -0.2) is 0 Å². The van der Waals surface area contributed by atoms with Crippen molar-refractivity contribution in [2.45, 2.75) is 50.5 Å². The van der Waals surface area contributed by atoms with Gasteiger partial charge in [-0.1, -0.05) is 12.8 Å². The normalized spacial score (nSPS) is 19.1. The molecule has 0 unspecified atom stereocenters. The standard InChI is InChI=1S/C15H18N2O6/c18-16(19)12-8-14-13(22-10-23-14)7-11(12)9-15(17(20)21)5-3-1-2-4-6-15/h7-8H,1-6,9-10H2. The van der Waals surface area contributed by atoms with Crippen molar-refractivity contribution >= 4 is 5.69 Å². The van der Waals surface area contributed by atoms with Crippen LogP contribution in [0.1, 0.15) is 44.1 Å². The van der Waals surface area contributed by atoms with Gasteiger partial charge in [-0.05, 0) is 18.9 Å². The highest BCUT2D eigenvalue weighted by Gasteiger charge is 2.44. The number of hydrogen-bond acceptors (Lipinski definition) is 6. The Labute approximate surface area is 132 Å². The van der Waals surface area contributed by atoms with E-state index in [4.69, 9.17) is 9.47 Å². The highest BCUT2D eigenvalue weighted by molar-refractivity contribution is 5.55. The van der Waals surface area contributed by atoms with Crippen LogP contribution in [0.2, 0.25) is 0 Å². The Bertz CT molecular complexity index is 637. The first-order chi connectivity index (χ1) is 11.0. The summed E-state index contributed by atoms with van der Waals surface area (Å²) in [6, 6.07) is 2.83. The molecule has 8 heteroatoms. The van der Waals surface area contributed by atoms with Crippen LogP contribution in [0.25, 0.3) is 0 Å². The van der Waals surface area contributed by atoms with Gasteiger partial charge in [-0.2, -0.15) is 0 Å². The Kier molecular flexibility index (Phi) is 4.06. The van der Waals surface area contributed by atoms with E-state index >= 15 is 0 Å². The molecule has 0 atom stereocenters. The van der Waals surface area contributed by atoms with Crippen molar-refractivity contribution in [1.29, 1.82) is 0 Å². The molecule has 8 nitrogen and oxygen atoms in total. The zero-order valence-electron chi connectivity index (χ0n) is 12.7. The van der Waals surface area contributed by atoms with Crippen LogP contribution < -0.4 is 9.47 Å². The summed E-state index contributed by atoms with van der Waals surface area (Å²) in [5, 5.41) is 23.1. The number of nitro groups is 2. The molecule has 1 heterocycles. The number of rotatable bonds is 4. The van der Waals surface area contributed by atoms with Crippen LogP contribution >= 0.6 is 0 Å². The topological polar surface area (TPSA) is 105 Å². The molecule has 1 fully saturated rings. The second-order valence-electron chi connectivity index (χ2n) is 6.16. The van der Waals surface area contributed by atoms with Crippen molar-refractivity contribution < 1.29 is 19.3 Å². The molecule has 2 aliphatic rings. The fourth-order valence-corrected chi connectivity index (χ4v) is 3.45. The summed E-state index contributed by atoms with van der Waals surface area (Å²) in [5.41, 5.74) is -0.924. The molecular weight excluding hydrogens is 304 g/mol. The highest BCUT2D eigenvalue weighted by Crippen LogP contribution is 2.41. The van der Waals surface area contributed by atoms with Gasteiger partial charge in [0.25, 0.3) is 5.69 Å². The minimum atomic E-state index is -1.13. The van der Waals surface area contributed by atoms with E-state index in [1.165, 1.54) is 12.1 Å². The first-order valence-electron chi connectivity index (χ1n) is 7.73. The summed E-state index contributed by atoms with van der Waals surface area (Å²) < 4.78 is 10.4. The average Bonchev–Trinajstić information content (AvgIpc) is 2.82. The molecule has 1 aromatic carbocycles. The van der Waals surface area contributed by atoms with Crippen LogP contribution in [0.15, 0.2) is 12.1 Å². The van der Waals surface area contributed by atoms with Crippen LogP contribution in [0.5, 0.6) is 11.5 Å². The summed E-state index contributed by atoms with van der Waals surface area (Å²) >= 11 is 0. The third kappa shape index (κ3) is 2.93. The molecule has 1 saturated carbocycles. The predicted octanol–water partition coefficient (Wildman–Crippen LogP) is 3.24. The lowest BCUT2D eigenvalue weighted by molar-refractivity contribution is -0.572. The molecule has 0 N–H and O–H groups in total. The van der Waals surface area contributed by atoms with Crippen molar-refractivity contribution in [3.63, 3.8) is 0 Å². The van der Waals surface area contributed by atoms with Crippen LogP contribution in [-0.2, 0) is 6.42 Å². The lowest BCUT2D eigenvalue weighted by atomic mass is 9.84. The number of benzene rings is 1. The van der Waals surface area contributed by atoms with Gasteiger partial charge in [-0.3, -0.25) is 20.2 Å². The second-order valence-corrected chi connectivity index (χ2v) is 6.16. The largest absolute Gasteiger partial charge is 0.454 e. The lowest BCUT2D eigenvalue weighted by Crippen LogP contribution is -2.40. The van der Waals surface area contributed by atoms with Crippen LogP contribution in [0, 0.1) is 20.2 Å². The van der Waals surface area contributed by atoms with E-state index in [1.54, 1.807) is 0 Å². The maximum Gasteiger partial charge on any atom is 0.276 e. The molecule has 0 aromatic heterocycles. The van der Waals surface area contributed by atoms with E-state index in [9.17, 15) is 20.2 Å². The molecule has 0 spiro atoms. The van der Waals surface area contributed by atoms with E-state index in [1.807, 2.05) is 0 Å². The number of nitrogens with zero attached hydrogens (tertiary/aromatic N) is 2. The average molecular weight is 322 g/mol. The predicted molar refractivity (Wildman–Crippen MR) is 80.4 cm³/mol. The van der Waals surface area contributed by atoms with Gasteiger partial charge >= 0.3 is 0 Å². The molecular formula is C15H18N2O6. The van der Waals surface area contributed by atoms with Gasteiger partial charge in [0.05, 0.1) is 11.0 Å². The number of hydrogen-bond donors (Lipinski definition) is 0. The maximum atomic E-state index is 11.7. The quantitative estimate of drug-likeness (QED) is 0.479. The molecule has 0 bridgehead atoms. The molecule has 124 valence electrons. The van der Waals surface area contributed by atoms with Crippen LogP contribution in [0.3, 0.4) is 0 Å². The van der Waals surface area contributed by atoms with Crippen molar-refractivity contribution in [2.24, 2.45) is 0 Å². The highest BCUT2D eigenvalue weighted by atomic mass is 16.7. The summed E-state index contributed by atoms with van der Waals surface area (Å²) in [6.07, 6.45) is 4.44. The fraction of sp³-hybridized carbons (Fsp3) is 0.600. The Morgan fingerprint density at radius 2 is 1.61 bits per heavy atom. The minimum Gasteiger partial charge on any atom is -0.454 e. The van der Waals surface area contributed by atoms with Gasteiger partial charge in [-0.15, -0.1) is 0 Å². The van der Waals surface area contributed by atoms with Crippen molar-refractivity contribution in [1.82, 2.24) is 0 Å². The van der Waals surface area contributed by atoms with E-state index in [-0.39, 0.29) is 23.8 Å². The Morgan fingerprint density at radius 3 is 2.17 bits per heavy atom. The first kappa shape index (κ1) is 15.5. The van der Waals surface area contributed by atoms with E-state index < -0.39 is 10.5 Å². The summed E-state index contributed by atoms with van der Waals surface area (Å²) in [4.78, 5) is 22.3. The lowest BCUT2D eigenvalue weighted by Gasteiger charge is -2.23. The van der Waals surface area contributed by atoms with Gasteiger partial charge in [0, 0.05) is 29.7 Å². The first-order valence-corrected chi connectivity index (χ1v) is 7.73. The molecule has 0 amide bonds. The second kappa shape index (κ2) is 6.02. The third-order valence-corrected chi connectivity index (χ3v) is 4.71. The monoisotopic (exact) mass is 322 g/mol. The maximum absolute atomic E-state index is 11.7. The molecule has 3 rings (SSSR count). The molecule has 23 heavy (non-hydrogen) atoms. The Hall–Kier alpha value is -2.38.